The van der Waals surface area contributed by atoms with Gasteiger partial charge in [0.25, 0.3) is 0 Å². The fourth-order valence-corrected chi connectivity index (χ4v) is 6.67. The number of thiol groups is 2. The Labute approximate surface area is 333 Å². The van der Waals surface area contributed by atoms with Crippen LogP contribution in [0, 0.1) is 35.8 Å². The summed E-state index contributed by atoms with van der Waals surface area (Å²) in [5.74, 6) is 2.39. The van der Waals surface area contributed by atoms with Crippen molar-refractivity contribution in [3.63, 3.8) is 0 Å². The number of benzene rings is 6. The van der Waals surface area contributed by atoms with Gasteiger partial charge in [-0.3, -0.25) is 0 Å². The van der Waals surface area contributed by atoms with Crippen LogP contribution in [0.5, 0.6) is 11.5 Å². The minimum absolute atomic E-state index is 0.372. The number of nitrogens with zero attached hydrogens (tertiary/aromatic N) is 4. The first kappa shape index (κ1) is 38.3. The van der Waals surface area contributed by atoms with Gasteiger partial charge in [-0.2, -0.15) is 35.8 Å². The molecule has 0 radical (unpaired) electrons. The fourth-order valence-electron chi connectivity index (χ4n) is 6.49. The van der Waals surface area contributed by atoms with Gasteiger partial charge in [-0.1, -0.05) is 86.6 Å². The molecular weight excluding hydrogens is 717 g/mol. The third kappa shape index (κ3) is 8.23. The summed E-state index contributed by atoms with van der Waals surface area (Å²) >= 11 is 8.90. The van der Waals surface area contributed by atoms with Crippen molar-refractivity contribution in [1.29, 1.82) is 10.5 Å². The molecule has 6 nitrogen and oxygen atoms in total. The molecule has 0 heterocycles. The summed E-state index contributed by atoms with van der Waals surface area (Å²) in [6.45, 7) is 20.2. The molecule has 0 atom stereocenters. The van der Waals surface area contributed by atoms with Gasteiger partial charge in [0, 0.05) is 39.2 Å². The maximum Gasteiger partial charge on any atom is 0.187 e. The predicted octanol–water partition coefficient (Wildman–Crippen LogP) is 12.1. The van der Waals surface area contributed by atoms with E-state index in [1.54, 1.807) is 24.3 Å². The van der Waals surface area contributed by atoms with Crippen molar-refractivity contribution in [2.45, 2.75) is 19.3 Å². The highest BCUT2D eigenvalue weighted by atomic mass is 32.1. The van der Waals surface area contributed by atoms with Crippen LogP contribution in [0.2, 0.25) is 0 Å². The van der Waals surface area contributed by atoms with Crippen molar-refractivity contribution in [3.05, 3.63) is 166 Å². The van der Waals surface area contributed by atoms with Gasteiger partial charge in [-0.05, 0) is 81.9 Å². The number of ether oxygens (including phenoxy) is 2. The van der Waals surface area contributed by atoms with E-state index in [0.717, 1.165) is 55.6 Å². The highest BCUT2D eigenvalue weighted by Crippen LogP contribution is 2.48. The van der Waals surface area contributed by atoms with Crippen LogP contribution in [0.1, 0.15) is 36.1 Å². The quantitative estimate of drug-likeness (QED) is 0.0964. The van der Waals surface area contributed by atoms with Crippen molar-refractivity contribution < 1.29 is 9.47 Å². The topological polar surface area (TPSA) is 74.8 Å². The third-order valence-corrected chi connectivity index (χ3v) is 9.93. The molecule has 0 N–H and O–H groups in total. The minimum Gasteiger partial charge on any atom is -0.491 e. The lowest BCUT2D eigenvalue weighted by molar-refractivity contribution is 0.347. The molecule has 268 valence electrons. The van der Waals surface area contributed by atoms with E-state index in [1.807, 2.05) is 72.8 Å². The monoisotopic (exact) mass is 752 g/mol. The van der Waals surface area contributed by atoms with E-state index < -0.39 is 5.41 Å². The number of hydrogen-bond acceptors (Lipinski definition) is 6. The van der Waals surface area contributed by atoms with Crippen molar-refractivity contribution in [2.75, 3.05) is 24.7 Å². The average molecular weight is 753 g/mol. The second-order valence-electron chi connectivity index (χ2n) is 13.3. The lowest BCUT2D eigenvalue weighted by atomic mass is 9.74. The predicted molar refractivity (Wildman–Crippen MR) is 227 cm³/mol. The Hall–Kier alpha value is -6.42. The summed E-state index contributed by atoms with van der Waals surface area (Å²) in [7, 11) is 0. The summed E-state index contributed by atoms with van der Waals surface area (Å²) in [6.07, 6.45) is 0. The molecule has 6 rings (SSSR count). The van der Waals surface area contributed by atoms with Crippen molar-refractivity contribution in [1.82, 2.24) is 0 Å². The zero-order chi connectivity index (χ0) is 39.0. The van der Waals surface area contributed by atoms with Crippen molar-refractivity contribution in [2.24, 2.45) is 0 Å². The Bertz CT molecular complexity index is 2170. The first-order valence-electron chi connectivity index (χ1n) is 17.6. The first-order valence-corrected chi connectivity index (χ1v) is 18.8. The Kier molecular flexibility index (Phi) is 11.9. The SMILES string of the molecule is [C-]#[N+]c1ccc(-c2cc(C(C)(C)c3cc(-c4ccc(C#N)cc4)c(OCCS)c(-c4ccc(C#N)cc4)c3)cc(-c3ccc([N+]#[C-])cc3)c2OCCS)cc1. The van der Waals surface area contributed by atoms with Crippen molar-refractivity contribution in [3.8, 4) is 68.1 Å². The highest BCUT2D eigenvalue weighted by Gasteiger charge is 2.30. The van der Waals surface area contributed by atoms with E-state index in [2.05, 4.69) is 85.2 Å². The normalized spacial score (nSPS) is 10.8. The van der Waals surface area contributed by atoms with E-state index in [9.17, 15) is 10.5 Å². The van der Waals surface area contributed by atoms with Crippen LogP contribution in [-0.4, -0.2) is 24.7 Å². The summed E-state index contributed by atoms with van der Waals surface area (Å²) < 4.78 is 13.0. The van der Waals surface area contributed by atoms with Crippen LogP contribution < -0.4 is 9.47 Å². The van der Waals surface area contributed by atoms with Gasteiger partial charge in [0.15, 0.2) is 11.4 Å². The Morgan fingerprint density at radius 2 is 0.818 bits per heavy atom. The van der Waals surface area contributed by atoms with Gasteiger partial charge in [0.2, 0.25) is 0 Å². The highest BCUT2D eigenvalue weighted by molar-refractivity contribution is 7.80. The third-order valence-electron chi connectivity index (χ3n) is 9.56. The molecule has 6 aromatic carbocycles. The van der Waals surface area contributed by atoms with Gasteiger partial charge in [-0.25, -0.2) is 9.69 Å². The van der Waals surface area contributed by atoms with Crippen LogP contribution in [-0.2, 0) is 5.41 Å². The lowest BCUT2D eigenvalue weighted by Crippen LogP contribution is -2.20. The fraction of sp³-hybridized carbons (Fsp3) is 0.149. The largest absolute Gasteiger partial charge is 0.491 e. The van der Waals surface area contributed by atoms with E-state index >= 15 is 0 Å². The van der Waals surface area contributed by atoms with Crippen LogP contribution in [0.25, 0.3) is 54.2 Å². The molecule has 0 unspecified atom stereocenters. The number of hydrogen-bond donors (Lipinski definition) is 2. The Morgan fingerprint density at radius 1 is 0.527 bits per heavy atom. The number of rotatable bonds is 12. The molecular formula is C47H36N4O2S2. The minimum atomic E-state index is -0.622. The Morgan fingerprint density at radius 3 is 1.07 bits per heavy atom. The van der Waals surface area contributed by atoms with E-state index in [0.29, 0.717) is 58.7 Å². The van der Waals surface area contributed by atoms with Gasteiger partial charge in [0.05, 0.1) is 49.6 Å². The average Bonchev–Trinajstić information content (AvgIpc) is 3.24. The van der Waals surface area contributed by atoms with Crippen LogP contribution in [0.15, 0.2) is 121 Å². The molecule has 0 bridgehead atoms. The Balaban J connectivity index is 1.66. The van der Waals surface area contributed by atoms with E-state index in [1.165, 1.54) is 0 Å². The molecule has 0 aliphatic carbocycles. The van der Waals surface area contributed by atoms with E-state index in [-0.39, 0.29) is 0 Å². The molecule has 0 saturated heterocycles. The van der Waals surface area contributed by atoms with Gasteiger partial charge in [-0.15, -0.1) is 0 Å². The number of nitriles is 2. The van der Waals surface area contributed by atoms with Gasteiger partial charge < -0.3 is 9.47 Å². The molecule has 0 aliphatic rings. The lowest BCUT2D eigenvalue weighted by Gasteiger charge is -2.31. The molecule has 0 fully saturated rings. The molecule has 0 aromatic heterocycles. The van der Waals surface area contributed by atoms with Crippen LogP contribution >= 0.6 is 25.3 Å². The van der Waals surface area contributed by atoms with E-state index in [4.69, 9.17) is 22.6 Å². The van der Waals surface area contributed by atoms with Gasteiger partial charge in [0.1, 0.15) is 11.5 Å². The summed E-state index contributed by atoms with van der Waals surface area (Å²) in [5.41, 5.74) is 10.6. The molecule has 6 aromatic rings. The smallest absolute Gasteiger partial charge is 0.187 e. The standard InChI is InChI=1S/C47H36N4O2S2/c1-47(2,37-25-41(33-9-5-31(29-48)6-10-33)45(52-21-23-54)42(26-37)34-11-7-32(30-49)8-12-34)38-27-43(35-13-17-39(50-3)18-14-35)46(53-22-24-55)44(28-38)36-15-19-40(51-4)20-16-36/h5-20,25-28,54-55H,21-24H2,1-2H3. The zero-order valence-corrected chi connectivity index (χ0v) is 32.2. The first-order chi connectivity index (χ1) is 26.7. The maximum absolute atomic E-state index is 9.57. The molecule has 0 spiro atoms. The molecule has 0 saturated carbocycles. The second-order valence-corrected chi connectivity index (χ2v) is 14.2. The summed E-state index contributed by atoms with van der Waals surface area (Å²) in [4.78, 5) is 7.21. The second kappa shape index (κ2) is 17.2. The summed E-state index contributed by atoms with van der Waals surface area (Å²) in [5, 5.41) is 19.1. The molecule has 0 aliphatic heterocycles. The van der Waals surface area contributed by atoms with Crippen LogP contribution in [0.4, 0.5) is 11.4 Å². The van der Waals surface area contributed by atoms with Crippen molar-refractivity contribution >= 4 is 36.6 Å². The zero-order valence-electron chi connectivity index (χ0n) is 30.4. The molecule has 0 amide bonds. The summed E-state index contributed by atoms with van der Waals surface area (Å²) in [6, 6.07) is 43.0. The molecule has 55 heavy (non-hydrogen) atoms. The maximum atomic E-state index is 9.57. The van der Waals surface area contributed by atoms with Crippen LogP contribution in [0.3, 0.4) is 0 Å². The molecule has 8 heteroatoms. The van der Waals surface area contributed by atoms with Gasteiger partial charge >= 0.3 is 0 Å².